The van der Waals surface area contributed by atoms with Gasteiger partial charge in [0.2, 0.25) is 21.8 Å². The van der Waals surface area contributed by atoms with Gasteiger partial charge in [0.1, 0.15) is 12.6 Å². The molecule has 2 fully saturated rings. The third kappa shape index (κ3) is 8.19. The number of piperidine rings is 1. The molecule has 42 heavy (non-hydrogen) atoms. The molecule has 6 N–H and O–H groups in total. The fourth-order valence-corrected chi connectivity index (χ4v) is 7.09. The maximum absolute atomic E-state index is 13.9. The number of carboxylic acids is 1. The number of nitrogens with one attached hydrogen (secondary N) is 3. The summed E-state index contributed by atoms with van der Waals surface area (Å²) < 4.78 is 29.5. The molecule has 2 aromatic rings. The van der Waals surface area contributed by atoms with Crippen LogP contribution in [0, 0.1) is 11.3 Å². The Kier molecular flexibility index (Phi) is 10.4. The molecule has 0 bridgehead atoms. The van der Waals surface area contributed by atoms with Crippen molar-refractivity contribution in [3.8, 4) is 0 Å². The monoisotopic (exact) mass is 600 g/mol. The van der Waals surface area contributed by atoms with E-state index in [0.717, 1.165) is 37.5 Å². The van der Waals surface area contributed by atoms with Crippen molar-refractivity contribution < 1.29 is 27.9 Å². The second-order valence-corrected chi connectivity index (χ2v) is 12.9. The van der Waals surface area contributed by atoms with Gasteiger partial charge >= 0.3 is 5.97 Å². The fourth-order valence-electron chi connectivity index (χ4n) is 5.86. The predicted molar refractivity (Wildman–Crippen MR) is 158 cm³/mol. The van der Waals surface area contributed by atoms with E-state index in [1.54, 1.807) is 23.1 Å². The molecule has 2 amide bonds. The predicted octanol–water partition coefficient (Wildman–Crippen LogP) is 1.84. The zero-order valence-electron chi connectivity index (χ0n) is 23.6. The molecule has 12 nitrogen and oxygen atoms in total. The summed E-state index contributed by atoms with van der Waals surface area (Å²) in [6, 6.07) is 10.0. The Labute approximate surface area is 246 Å². The second kappa shape index (κ2) is 14.0. The van der Waals surface area contributed by atoms with Gasteiger partial charge in [-0.1, -0.05) is 49.6 Å². The average molecular weight is 601 g/mol. The van der Waals surface area contributed by atoms with Gasteiger partial charge < -0.3 is 26.0 Å². The molecule has 1 heterocycles. The lowest BCUT2D eigenvalue weighted by Gasteiger charge is -2.35. The molecule has 1 aliphatic carbocycles. The number of fused-ring (bicyclic) bond motifs is 1. The molecule has 1 saturated carbocycles. The summed E-state index contributed by atoms with van der Waals surface area (Å²) in [7, 11) is -4.26. The number of carboxylic acid groups (broad SMARTS) is 1. The number of nitrogens with zero attached hydrogens (tertiary/aromatic N) is 2. The van der Waals surface area contributed by atoms with Gasteiger partial charge in [-0.05, 0) is 54.5 Å². The van der Waals surface area contributed by atoms with Gasteiger partial charge in [0.25, 0.3) is 0 Å². The van der Waals surface area contributed by atoms with Gasteiger partial charge in [-0.3, -0.25) is 19.8 Å². The molecule has 0 aromatic heterocycles. The van der Waals surface area contributed by atoms with Crippen molar-refractivity contribution in [3.63, 3.8) is 0 Å². The van der Waals surface area contributed by atoms with Crippen LogP contribution in [-0.4, -0.2) is 85.3 Å². The maximum atomic E-state index is 13.9. The van der Waals surface area contributed by atoms with Gasteiger partial charge in [0.15, 0.2) is 5.96 Å². The van der Waals surface area contributed by atoms with Crippen molar-refractivity contribution in [1.82, 2.24) is 19.8 Å². The third-order valence-electron chi connectivity index (χ3n) is 8.07. The van der Waals surface area contributed by atoms with Crippen LogP contribution in [0.15, 0.2) is 47.4 Å². The van der Waals surface area contributed by atoms with Gasteiger partial charge in [0.05, 0.1) is 11.3 Å². The van der Waals surface area contributed by atoms with Crippen molar-refractivity contribution in [1.29, 1.82) is 5.41 Å². The smallest absolute Gasteiger partial charge is 0.323 e. The first-order valence-electron chi connectivity index (χ1n) is 14.4. The number of hydrogen-bond acceptors (Lipinski definition) is 6. The molecule has 1 saturated heterocycles. The first kappa shape index (κ1) is 31.2. The molecule has 228 valence electrons. The van der Waals surface area contributed by atoms with E-state index in [2.05, 4.69) is 10.0 Å². The summed E-state index contributed by atoms with van der Waals surface area (Å²) >= 11 is 0. The van der Waals surface area contributed by atoms with Gasteiger partial charge in [-0.2, -0.15) is 4.72 Å². The summed E-state index contributed by atoms with van der Waals surface area (Å²) in [6.45, 7) is 0.888. The molecule has 4 rings (SSSR count). The Morgan fingerprint density at radius 1 is 1.05 bits per heavy atom. The summed E-state index contributed by atoms with van der Waals surface area (Å²) in [5.74, 6) is -2.46. The van der Waals surface area contributed by atoms with Crippen molar-refractivity contribution in [3.05, 3.63) is 42.5 Å². The van der Waals surface area contributed by atoms with Crippen LogP contribution in [0.1, 0.15) is 51.4 Å². The van der Waals surface area contributed by atoms with E-state index in [-0.39, 0.29) is 29.4 Å². The SMILES string of the molecule is N=C(N)N1CCC[C@@H](CNC(=O)C[C@H](NS(=O)(=O)c2ccc3ccccc3c2)C(=O)N(CC(=O)O)C2CCCCC2)C1. The highest BCUT2D eigenvalue weighted by molar-refractivity contribution is 7.89. The summed E-state index contributed by atoms with van der Waals surface area (Å²) in [5.41, 5.74) is 5.62. The van der Waals surface area contributed by atoms with E-state index >= 15 is 0 Å². The molecule has 13 heteroatoms. The van der Waals surface area contributed by atoms with Crippen LogP contribution in [0.25, 0.3) is 10.8 Å². The molecular formula is C29H40N6O6S. The van der Waals surface area contributed by atoms with Crippen LogP contribution in [0.4, 0.5) is 0 Å². The quantitative estimate of drug-likeness (QED) is 0.191. The van der Waals surface area contributed by atoms with E-state index in [1.165, 1.54) is 17.0 Å². The van der Waals surface area contributed by atoms with Crippen molar-refractivity contribution in [2.45, 2.75) is 68.3 Å². The van der Waals surface area contributed by atoms with Crippen molar-refractivity contribution in [2.75, 3.05) is 26.2 Å². The topological polar surface area (TPSA) is 186 Å². The molecule has 0 unspecified atom stereocenters. The zero-order valence-corrected chi connectivity index (χ0v) is 24.4. The molecule has 2 aliphatic rings. The number of aliphatic carboxylic acids is 1. The van der Waals surface area contributed by atoms with Crippen molar-refractivity contribution >= 4 is 44.5 Å². The van der Waals surface area contributed by atoms with Crippen LogP contribution in [-0.2, 0) is 24.4 Å². The highest BCUT2D eigenvalue weighted by atomic mass is 32.2. The Balaban J connectivity index is 1.55. The minimum atomic E-state index is -4.26. The number of rotatable bonds is 11. The highest BCUT2D eigenvalue weighted by Crippen LogP contribution is 2.25. The maximum Gasteiger partial charge on any atom is 0.323 e. The first-order chi connectivity index (χ1) is 20.0. The largest absolute Gasteiger partial charge is 0.480 e. The van der Waals surface area contributed by atoms with Crippen LogP contribution in [0.3, 0.4) is 0 Å². The number of hydrogen-bond donors (Lipinski definition) is 5. The lowest BCUT2D eigenvalue weighted by atomic mass is 9.93. The summed E-state index contributed by atoms with van der Waals surface area (Å²) in [5, 5.41) is 21.6. The normalized spacial score (nSPS) is 18.8. The number of benzene rings is 2. The lowest BCUT2D eigenvalue weighted by molar-refractivity contribution is -0.148. The van der Waals surface area contributed by atoms with Crippen LogP contribution < -0.4 is 15.8 Å². The van der Waals surface area contributed by atoms with Crippen molar-refractivity contribution in [2.24, 2.45) is 11.7 Å². The number of carbonyl (C=O) groups is 3. The van der Waals surface area contributed by atoms with E-state index in [1.807, 2.05) is 12.1 Å². The molecule has 1 aliphatic heterocycles. The number of sulfonamides is 1. The van der Waals surface area contributed by atoms with Gasteiger partial charge in [-0.15, -0.1) is 0 Å². The van der Waals surface area contributed by atoms with E-state index in [0.29, 0.717) is 31.3 Å². The first-order valence-corrected chi connectivity index (χ1v) is 15.9. The van der Waals surface area contributed by atoms with Crippen LogP contribution >= 0.6 is 0 Å². The Morgan fingerprint density at radius 2 is 1.76 bits per heavy atom. The lowest BCUT2D eigenvalue weighted by Crippen LogP contribution is -2.55. The van der Waals surface area contributed by atoms with E-state index in [4.69, 9.17) is 11.1 Å². The number of carbonyl (C=O) groups excluding carboxylic acids is 2. The number of amides is 2. The minimum absolute atomic E-state index is 0.0268. The number of nitrogens with two attached hydrogens (primary N) is 1. The van der Waals surface area contributed by atoms with E-state index in [9.17, 15) is 27.9 Å². The fraction of sp³-hybridized carbons (Fsp3) is 0.517. The molecule has 2 aromatic carbocycles. The molecule has 0 spiro atoms. The second-order valence-electron chi connectivity index (χ2n) is 11.2. The highest BCUT2D eigenvalue weighted by Gasteiger charge is 2.36. The molecular weight excluding hydrogens is 560 g/mol. The molecule has 2 atom stereocenters. The zero-order chi connectivity index (χ0) is 30.3. The third-order valence-corrected chi connectivity index (χ3v) is 9.54. The van der Waals surface area contributed by atoms with Gasteiger partial charge in [0, 0.05) is 25.7 Å². The number of guanidine groups is 1. The van der Waals surface area contributed by atoms with Crippen LogP contribution in [0.2, 0.25) is 0 Å². The van der Waals surface area contributed by atoms with Gasteiger partial charge in [-0.25, -0.2) is 8.42 Å². The standard InChI is InChI=1S/C29H40N6O6S/c30-29(31)34-14-6-7-20(18-34)17-32-26(36)16-25(28(39)35(19-27(37)38)23-10-2-1-3-11-23)33-42(40,41)24-13-12-21-8-4-5-9-22(21)15-24/h4-5,8-9,12-13,15,20,23,25,33H,1-3,6-7,10-11,14,16-19H2,(H3,30,31)(H,32,36)(H,37,38)/t20-,25-/m0/s1. The Morgan fingerprint density at radius 3 is 2.45 bits per heavy atom. The summed E-state index contributed by atoms with van der Waals surface area (Å²) in [6.07, 6.45) is 5.04. The van der Waals surface area contributed by atoms with E-state index < -0.39 is 46.8 Å². The Bertz CT molecular complexity index is 1410. The Hall–Kier alpha value is -3.71. The number of likely N-dealkylation sites (tertiary alicyclic amines) is 1. The molecule has 0 radical (unpaired) electrons. The minimum Gasteiger partial charge on any atom is -0.480 e. The average Bonchev–Trinajstić information content (AvgIpc) is 2.98. The van der Waals surface area contributed by atoms with Crippen LogP contribution in [0.5, 0.6) is 0 Å². The summed E-state index contributed by atoms with van der Waals surface area (Å²) in [4.78, 5) is 41.6.